The lowest BCUT2D eigenvalue weighted by atomic mass is 10.1. The minimum absolute atomic E-state index is 0.0687. The summed E-state index contributed by atoms with van der Waals surface area (Å²) in [5.41, 5.74) is 0.593. The summed E-state index contributed by atoms with van der Waals surface area (Å²) in [6, 6.07) is 4.73. The van der Waals surface area contributed by atoms with Crippen molar-refractivity contribution >= 4 is 40.8 Å². The smallest absolute Gasteiger partial charge is 0.341 e. The molecule has 2 aromatic rings. The fourth-order valence-corrected chi connectivity index (χ4v) is 2.64. The lowest BCUT2D eigenvalue weighted by Crippen LogP contribution is -2.20. The summed E-state index contributed by atoms with van der Waals surface area (Å²) in [6.45, 7) is 3.45. The third-order valence-electron chi connectivity index (χ3n) is 3.14. The van der Waals surface area contributed by atoms with Crippen molar-refractivity contribution in [2.75, 3.05) is 11.9 Å². The van der Waals surface area contributed by atoms with E-state index < -0.39 is 18.0 Å². The Bertz CT molecular complexity index is 752. The monoisotopic (exact) mass is 371 g/mol. The van der Waals surface area contributed by atoms with E-state index in [0.717, 1.165) is 0 Å². The van der Waals surface area contributed by atoms with E-state index in [1.807, 2.05) is 0 Å². The third-order valence-corrected chi connectivity index (χ3v) is 3.57. The van der Waals surface area contributed by atoms with Crippen molar-refractivity contribution in [3.8, 4) is 0 Å². The van der Waals surface area contributed by atoms with Crippen molar-refractivity contribution in [1.82, 2.24) is 0 Å². The predicted molar refractivity (Wildman–Crippen MR) is 89.9 cm³/mol. The van der Waals surface area contributed by atoms with E-state index in [-0.39, 0.29) is 23.7 Å². The highest BCUT2D eigenvalue weighted by atomic mass is 35.5. The Morgan fingerprint density at radius 1 is 1.25 bits per heavy atom. The number of anilines is 1. The van der Waals surface area contributed by atoms with E-state index in [1.165, 1.54) is 24.3 Å². The largest absolute Gasteiger partial charge is 0.479 e. The van der Waals surface area contributed by atoms with Crippen LogP contribution in [0.5, 0.6) is 0 Å². The normalized spacial score (nSPS) is 11.8. The number of furan rings is 1. The minimum Gasteiger partial charge on any atom is -0.479 e. The molecule has 24 heavy (non-hydrogen) atoms. The molecule has 1 unspecified atom stereocenters. The second-order valence-corrected chi connectivity index (χ2v) is 5.79. The van der Waals surface area contributed by atoms with Gasteiger partial charge >= 0.3 is 11.9 Å². The van der Waals surface area contributed by atoms with Crippen LogP contribution in [0.25, 0.3) is 0 Å². The van der Waals surface area contributed by atoms with Crippen LogP contribution in [0.3, 0.4) is 0 Å². The van der Waals surface area contributed by atoms with Gasteiger partial charge in [0.2, 0.25) is 0 Å². The molecule has 1 heterocycles. The van der Waals surface area contributed by atoms with Gasteiger partial charge in [0, 0.05) is 15.7 Å². The number of esters is 1. The highest BCUT2D eigenvalue weighted by molar-refractivity contribution is 6.35. The van der Waals surface area contributed by atoms with Crippen LogP contribution < -0.4 is 5.32 Å². The first-order valence-corrected chi connectivity index (χ1v) is 7.80. The molecule has 0 aliphatic carbocycles. The van der Waals surface area contributed by atoms with Gasteiger partial charge in [0.15, 0.2) is 6.04 Å². The molecule has 8 heteroatoms. The quantitative estimate of drug-likeness (QED) is 0.735. The van der Waals surface area contributed by atoms with Crippen molar-refractivity contribution in [3.63, 3.8) is 0 Å². The zero-order valence-electron chi connectivity index (χ0n) is 12.9. The van der Waals surface area contributed by atoms with Gasteiger partial charge in [-0.1, -0.05) is 23.2 Å². The number of carbonyl (C=O) groups excluding carboxylic acids is 1. The molecule has 0 fully saturated rings. The first-order valence-electron chi connectivity index (χ1n) is 7.04. The zero-order chi connectivity index (χ0) is 17.9. The van der Waals surface area contributed by atoms with Crippen LogP contribution in [0.2, 0.25) is 10.0 Å². The Hall–Kier alpha value is -2.18. The molecule has 0 radical (unpaired) electrons. The second kappa shape index (κ2) is 7.59. The third kappa shape index (κ3) is 4.21. The number of aryl methyl sites for hydroxylation is 1. The van der Waals surface area contributed by atoms with E-state index in [1.54, 1.807) is 13.8 Å². The van der Waals surface area contributed by atoms with Gasteiger partial charge < -0.3 is 19.6 Å². The first-order chi connectivity index (χ1) is 11.3. The molecule has 2 rings (SSSR count). The number of nitrogens with one attached hydrogen (secondary N) is 1. The van der Waals surface area contributed by atoms with Crippen molar-refractivity contribution in [3.05, 3.63) is 51.4 Å². The molecular formula is C16H15Cl2NO5. The minimum atomic E-state index is -1.22. The van der Waals surface area contributed by atoms with Gasteiger partial charge in [-0.2, -0.15) is 0 Å². The van der Waals surface area contributed by atoms with Crippen molar-refractivity contribution in [2.45, 2.75) is 19.9 Å². The van der Waals surface area contributed by atoms with Crippen molar-refractivity contribution in [1.29, 1.82) is 0 Å². The second-order valence-electron chi connectivity index (χ2n) is 4.91. The molecule has 1 aromatic heterocycles. The van der Waals surface area contributed by atoms with Gasteiger partial charge in [-0.25, -0.2) is 9.59 Å². The number of hydrogen-bond acceptors (Lipinski definition) is 5. The Morgan fingerprint density at radius 3 is 2.42 bits per heavy atom. The number of carboxylic acids is 1. The summed E-state index contributed by atoms with van der Waals surface area (Å²) >= 11 is 11.8. The Morgan fingerprint density at radius 2 is 1.88 bits per heavy atom. The van der Waals surface area contributed by atoms with Crippen LogP contribution >= 0.6 is 23.2 Å². The van der Waals surface area contributed by atoms with Crippen LogP contribution in [0.15, 0.2) is 28.7 Å². The molecule has 0 bridgehead atoms. The molecule has 0 saturated heterocycles. The zero-order valence-corrected chi connectivity index (χ0v) is 14.4. The van der Waals surface area contributed by atoms with Crippen molar-refractivity contribution < 1.29 is 23.8 Å². The number of hydrogen-bond donors (Lipinski definition) is 2. The van der Waals surface area contributed by atoms with Gasteiger partial charge in [-0.3, -0.25) is 0 Å². The fraction of sp³-hybridized carbons (Fsp3) is 0.250. The van der Waals surface area contributed by atoms with E-state index in [9.17, 15) is 14.7 Å². The molecule has 0 aliphatic rings. The van der Waals surface area contributed by atoms with Gasteiger partial charge in [-0.05, 0) is 38.1 Å². The summed E-state index contributed by atoms with van der Waals surface area (Å²) < 4.78 is 10.3. The average molecular weight is 372 g/mol. The van der Waals surface area contributed by atoms with Gasteiger partial charge in [-0.15, -0.1) is 0 Å². The number of carboxylic acid groups (broad SMARTS) is 1. The average Bonchev–Trinajstić information content (AvgIpc) is 2.85. The van der Waals surface area contributed by atoms with Gasteiger partial charge in [0.1, 0.15) is 17.1 Å². The number of ether oxygens (including phenoxy) is 1. The molecule has 0 amide bonds. The van der Waals surface area contributed by atoms with Crippen LogP contribution in [0.1, 0.15) is 34.8 Å². The van der Waals surface area contributed by atoms with Gasteiger partial charge in [0.05, 0.1) is 6.61 Å². The highest BCUT2D eigenvalue weighted by Crippen LogP contribution is 2.28. The summed E-state index contributed by atoms with van der Waals surface area (Å²) in [5, 5.41) is 13.0. The SMILES string of the molecule is CCOC(=O)c1cc(C(Nc2cc(Cl)cc(Cl)c2)C(=O)O)oc1C. The topological polar surface area (TPSA) is 88.8 Å². The predicted octanol–water partition coefficient (Wildman–Crippen LogP) is 4.31. The Labute approximate surface area is 148 Å². The number of carbonyl (C=O) groups is 2. The summed E-state index contributed by atoms with van der Waals surface area (Å²) in [5.74, 6) is -1.41. The number of aliphatic carboxylic acids is 1. The molecular weight excluding hydrogens is 357 g/mol. The molecule has 0 saturated carbocycles. The number of benzene rings is 1. The molecule has 0 aliphatic heterocycles. The molecule has 1 atom stereocenters. The number of rotatable bonds is 6. The summed E-state index contributed by atoms with van der Waals surface area (Å²) in [7, 11) is 0. The molecule has 6 nitrogen and oxygen atoms in total. The highest BCUT2D eigenvalue weighted by Gasteiger charge is 2.27. The van der Waals surface area contributed by atoms with Crippen LogP contribution in [-0.2, 0) is 9.53 Å². The van der Waals surface area contributed by atoms with Crippen LogP contribution in [-0.4, -0.2) is 23.7 Å². The molecule has 0 spiro atoms. The number of halogens is 2. The maximum Gasteiger partial charge on any atom is 0.341 e. The van der Waals surface area contributed by atoms with Crippen LogP contribution in [0.4, 0.5) is 5.69 Å². The fourth-order valence-electron chi connectivity index (χ4n) is 2.12. The molecule has 128 valence electrons. The van der Waals surface area contributed by atoms with Crippen LogP contribution in [0, 0.1) is 6.92 Å². The summed E-state index contributed by atoms with van der Waals surface area (Å²) in [6.07, 6.45) is 0. The van der Waals surface area contributed by atoms with E-state index in [4.69, 9.17) is 32.4 Å². The van der Waals surface area contributed by atoms with E-state index in [0.29, 0.717) is 15.7 Å². The standard InChI is InChI=1S/C16H15Cl2NO5/c1-3-23-16(22)12-7-13(24-8(12)2)14(15(20)21)19-11-5-9(17)4-10(18)6-11/h4-7,14,19H,3H2,1-2H3,(H,20,21). The van der Waals surface area contributed by atoms with E-state index in [2.05, 4.69) is 5.32 Å². The molecule has 2 N–H and O–H groups in total. The Balaban J connectivity index is 2.33. The first kappa shape index (κ1) is 18.2. The van der Waals surface area contributed by atoms with Crippen molar-refractivity contribution in [2.24, 2.45) is 0 Å². The van der Waals surface area contributed by atoms with Gasteiger partial charge in [0.25, 0.3) is 0 Å². The maximum absolute atomic E-state index is 11.8. The molecule has 1 aromatic carbocycles. The lowest BCUT2D eigenvalue weighted by molar-refractivity contribution is -0.138. The Kier molecular flexibility index (Phi) is 5.75. The summed E-state index contributed by atoms with van der Waals surface area (Å²) in [4.78, 5) is 23.4. The maximum atomic E-state index is 11.8. The lowest BCUT2D eigenvalue weighted by Gasteiger charge is -2.14. The van der Waals surface area contributed by atoms with E-state index >= 15 is 0 Å².